The molecule has 0 aliphatic carbocycles. The van der Waals surface area contributed by atoms with Crippen LogP contribution in [0, 0.1) is 0 Å². The van der Waals surface area contributed by atoms with Crippen molar-refractivity contribution in [2.45, 2.75) is 5.16 Å². The molecular formula is C11H8N4S. The molecule has 78 valence electrons. The van der Waals surface area contributed by atoms with E-state index in [1.165, 1.54) is 0 Å². The van der Waals surface area contributed by atoms with Crippen molar-refractivity contribution in [1.82, 2.24) is 19.5 Å². The summed E-state index contributed by atoms with van der Waals surface area (Å²) in [5.74, 6) is 0.770. The van der Waals surface area contributed by atoms with E-state index in [1.807, 2.05) is 34.9 Å². The molecule has 0 aromatic heterocycles. The Morgan fingerprint density at radius 2 is 1.88 bits per heavy atom. The van der Waals surface area contributed by atoms with Gasteiger partial charge >= 0.3 is 0 Å². The van der Waals surface area contributed by atoms with Gasteiger partial charge in [0.15, 0.2) is 11.0 Å². The van der Waals surface area contributed by atoms with Crippen LogP contribution in [0.1, 0.15) is 0 Å². The molecule has 0 N–H and O–H groups in total. The summed E-state index contributed by atoms with van der Waals surface area (Å²) in [5.41, 5.74) is 1.75. The molecule has 2 aliphatic rings. The first kappa shape index (κ1) is 9.35. The molecular weight excluding hydrogens is 220 g/mol. The Labute approximate surface area is 97.8 Å². The molecule has 1 aromatic rings. The number of hydrogen-bond acceptors (Lipinski definition) is 4. The molecule has 16 heavy (non-hydrogen) atoms. The van der Waals surface area contributed by atoms with Gasteiger partial charge < -0.3 is 0 Å². The summed E-state index contributed by atoms with van der Waals surface area (Å²) in [5, 5.41) is 0.465. The molecule has 0 unspecified atom stereocenters. The zero-order valence-corrected chi connectivity index (χ0v) is 9.17. The average molecular weight is 228 g/mol. The van der Waals surface area contributed by atoms with Gasteiger partial charge in [-0.05, 0) is 12.1 Å². The smallest absolute Gasteiger partial charge is 0.187 e. The minimum atomic E-state index is 0.465. The lowest BCUT2D eigenvalue weighted by Gasteiger charge is -2.08. The minimum Gasteiger partial charge on any atom is -0.283 e. The Morgan fingerprint density at radius 1 is 1.06 bits per heavy atom. The van der Waals surface area contributed by atoms with Gasteiger partial charge in [-0.3, -0.25) is 4.57 Å². The van der Waals surface area contributed by atoms with Gasteiger partial charge in [0.2, 0.25) is 0 Å². The van der Waals surface area contributed by atoms with E-state index in [4.69, 9.17) is 0 Å². The lowest BCUT2D eigenvalue weighted by atomic mass is 10.3. The third kappa shape index (κ3) is 1.45. The summed E-state index contributed by atoms with van der Waals surface area (Å²) < 4.78 is 1.89. The van der Waals surface area contributed by atoms with Crippen LogP contribution in [0.15, 0.2) is 48.0 Å². The predicted molar refractivity (Wildman–Crippen MR) is 63.0 cm³/mol. The standard InChI is InChI=1S/C11H8N4S/c16-11-13-9-6-12-7-15(10(9)14-11)8-4-2-1-3-5-8/h1-7H,(H,13,16). The summed E-state index contributed by atoms with van der Waals surface area (Å²) in [6, 6.07) is 9.90. The molecule has 5 heteroatoms. The van der Waals surface area contributed by atoms with Gasteiger partial charge in [0.25, 0.3) is 0 Å². The van der Waals surface area contributed by atoms with Crippen molar-refractivity contribution in [3.63, 3.8) is 0 Å². The van der Waals surface area contributed by atoms with Crippen LogP contribution >= 0.6 is 12.6 Å². The van der Waals surface area contributed by atoms with E-state index in [-0.39, 0.29) is 0 Å². The fourth-order valence-electron chi connectivity index (χ4n) is 1.60. The largest absolute Gasteiger partial charge is 0.283 e. The van der Waals surface area contributed by atoms with Crippen LogP contribution in [0.2, 0.25) is 0 Å². The number of hydrogen-bond donors (Lipinski definition) is 1. The predicted octanol–water partition coefficient (Wildman–Crippen LogP) is 2.06. The fraction of sp³-hybridized carbons (Fsp3) is 0. The molecule has 2 heterocycles. The second-order valence-electron chi connectivity index (χ2n) is 3.33. The molecule has 0 amide bonds. The molecule has 0 saturated carbocycles. The van der Waals surface area contributed by atoms with Gasteiger partial charge in [-0.15, -0.1) is 12.6 Å². The normalized spacial score (nSPS) is 10.8. The maximum atomic E-state index is 4.27. The Bertz CT molecular complexity index is 590. The van der Waals surface area contributed by atoms with Gasteiger partial charge in [-0.25, -0.2) is 15.0 Å². The molecule has 0 spiro atoms. The molecule has 0 saturated heterocycles. The van der Waals surface area contributed by atoms with Crippen molar-refractivity contribution in [2.75, 3.05) is 0 Å². The zero-order chi connectivity index (χ0) is 11.0. The second-order valence-corrected chi connectivity index (χ2v) is 3.73. The summed E-state index contributed by atoms with van der Waals surface area (Å²) >= 11 is 4.14. The van der Waals surface area contributed by atoms with E-state index in [1.54, 1.807) is 12.5 Å². The molecule has 0 radical (unpaired) electrons. The summed E-state index contributed by atoms with van der Waals surface area (Å²) in [6.07, 6.45) is 3.40. The lowest BCUT2D eigenvalue weighted by molar-refractivity contribution is 0.953. The Kier molecular flexibility index (Phi) is 2.11. The zero-order valence-electron chi connectivity index (χ0n) is 8.28. The monoisotopic (exact) mass is 228 g/mol. The number of rotatable bonds is 1. The number of para-hydroxylation sites is 1. The first-order valence-corrected chi connectivity index (χ1v) is 5.24. The molecule has 3 rings (SSSR count). The second kappa shape index (κ2) is 3.61. The van der Waals surface area contributed by atoms with Crippen molar-refractivity contribution in [1.29, 1.82) is 0 Å². The molecule has 4 nitrogen and oxygen atoms in total. The van der Waals surface area contributed by atoms with E-state index in [0.717, 1.165) is 17.2 Å². The van der Waals surface area contributed by atoms with Gasteiger partial charge in [0.05, 0.1) is 6.20 Å². The highest BCUT2D eigenvalue weighted by molar-refractivity contribution is 7.80. The van der Waals surface area contributed by atoms with Gasteiger partial charge in [0.1, 0.15) is 12.0 Å². The third-order valence-electron chi connectivity index (χ3n) is 2.30. The maximum absolute atomic E-state index is 4.27. The Hall–Kier alpha value is -1.88. The average Bonchev–Trinajstić information content (AvgIpc) is 2.70. The van der Waals surface area contributed by atoms with Crippen molar-refractivity contribution in [3.8, 4) is 17.2 Å². The molecule has 0 fully saturated rings. The SMILES string of the molecule is Sc1nc2cncn(-c3ccccc3)c-2n1. The quantitative estimate of drug-likeness (QED) is 0.648. The Morgan fingerprint density at radius 3 is 2.69 bits per heavy atom. The minimum absolute atomic E-state index is 0.465. The highest BCUT2D eigenvalue weighted by Gasteiger charge is 2.13. The van der Waals surface area contributed by atoms with Crippen molar-refractivity contribution in [2.24, 2.45) is 0 Å². The summed E-state index contributed by atoms with van der Waals surface area (Å²) in [4.78, 5) is 12.6. The van der Waals surface area contributed by atoms with Crippen molar-refractivity contribution in [3.05, 3.63) is 42.9 Å². The van der Waals surface area contributed by atoms with Crippen LogP contribution in [-0.4, -0.2) is 19.5 Å². The topological polar surface area (TPSA) is 43.6 Å². The van der Waals surface area contributed by atoms with Crippen molar-refractivity contribution >= 4 is 12.6 Å². The summed E-state index contributed by atoms with van der Waals surface area (Å²) in [6.45, 7) is 0. The number of thiol groups is 1. The van der Waals surface area contributed by atoms with Gasteiger partial charge in [-0.2, -0.15) is 0 Å². The van der Waals surface area contributed by atoms with Crippen LogP contribution in [0.5, 0.6) is 0 Å². The molecule has 0 bridgehead atoms. The van der Waals surface area contributed by atoms with E-state index >= 15 is 0 Å². The van der Waals surface area contributed by atoms with Gasteiger partial charge in [0, 0.05) is 5.69 Å². The van der Waals surface area contributed by atoms with Crippen LogP contribution < -0.4 is 0 Å². The number of benzene rings is 1. The number of nitrogens with zero attached hydrogens (tertiary/aromatic N) is 4. The van der Waals surface area contributed by atoms with Crippen LogP contribution in [-0.2, 0) is 0 Å². The molecule has 2 aliphatic heterocycles. The third-order valence-corrected chi connectivity index (χ3v) is 2.50. The van der Waals surface area contributed by atoms with Gasteiger partial charge in [-0.1, -0.05) is 18.2 Å². The number of imidazole rings is 1. The van der Waals surface area contributed by atoms with Crippen molar-refractivity contribution < 1.29 is 0 Å². The first-order chi connectivity index (χ1) is 7.84. The highest BCUT2D eigenvalue weighted by atomic mass is 32.1. The van der Waals surface area contributed by atoms with Crippen LogP contribution in [0.3, 0.4) is 0 Å². The lowest BCUT2D eigenvalue weighted by Crippen LogP contribution is -2.01. The van der Waals surface area contributed by atoms with Crippen LogP contribution in [0.25, 0.3) is 17.2 Å². The highest BCUT2D eigenvalue weighted by Crippen LogP contribution is 2.21. The van der Waals surface area contributed by atoms with E-state index in [2.05, 4.69) is 27.6 Å². The van der Waals surface area contributed by atoms with E-state index < -0.39 is 0 Å². The van der Waals surface area contributed by atoms with Crippen LogP contribution in [0.4, 0.5) is 0 Å². The fourth-order valence-corrected chi connectivity index (χ4v) is 1.80. The summed E-state index contributed by atoms with van der Waals surface area (Å²) in [7, 11) is 0. The molecule has 0 atom stereocenters. The Balaban J connectivity index is 2.26. The van der Waals surface area contributed by atoms with E-state index in [9.17, 15) is 0 Å². The number of aromatic nitrogens is 4. The maximum Gasteiger partial charge on any atom is 0.187 e. The molecule has 1 aromatic carbocycles. The number of fused-ring (bicyclic) bond motifs is 1. The van der Waals surface area contributed by atoms with E-state index in [0.29, 0.717) is 5.16 Å². The first-order valence-electron chi connectivity index (χ1n) is 4.79.